The maximum absolute atomic E-state index is 12.4. The number of amides is 3. The smallest absolute Gasteiger partial charge is 0.313 e. The summed E-state index contributed by atoms with van der Waals surface area (Å²) in [5.41, 5.74) is 5.23. The lowest BCUT2D eigenvalue weighted by Crippen LogP contribution is -2.58. The summed E-state index contributed by atoms with van der Waals surface area (Å²) in [7, 11) is 0. The third kappa shape index (κ3) is 3.08. The maximum atomic E-state index is 12.4. The molecule has 0 radical (unpaired) electrons. The summed E-state index contributed by atoms with van der Waals surface area (Å²) in [6.07, 6.45) is 2.46. The fourth-order valence-electron chi connectivity index (χ4n) is 2.35. The summed E-state index contributed by atoms with van der Waals surface area (Å²) in [6, 6.07) is 7.26. The first-order valence-corrected chi connectivity index (χ1v) is 6.60. The molecule has 0 bridgehead atoms. The summed E-state index contributed by atoms with van der Waals surface area (Å²) in [5.74, 6) is -0.358. The van der Waals surface area contributed by atoms with Gasteiger partial charge in [-0.1, -0.05) is 30.3 Å². The van der Waals surface area contributed by atoms with Crippen molar-refractivity contribution in [3.05, 3.63) is 35.9 Å². The van der Waals surface area contributed by atoms with E-state index in [0.29, 0.717) is 5.56 Å². The zero-order valence-corrected chi connectivity index (χ0v) is 11.1. The van der Waals surface area contributed by atoms with Crippen LogP contribution in [-0.4, -0.2) is 29.2 Å². The lowest BCUT2D eigenvalue weighted by molar-refractivity contribution is -0.127. The highest BCUT2D eigenvalue weighted by Gasteiger charge is 2.39. The lowest BCUT2D eigenvalue weighted by atomic mass is 9.77. The molecule has 1 aromatic carbocycles. The van der Waals surface area contributed by atoms with Crippen LogP contribution in [0.1, 0.15) is 30.9 Å². The third-order valence-electron chi connectivity index (χ3n) is 3.68. The van der Waals surface area contributed by atoms with Gasteiger partial charge in [-0.2, -0.15) is 0 Å². The second-order valence-corrected chi connectivity index (χ2v) is 5.13. The predicted octanol–water partition coefficient (Wildman–Crippen LogP) is 0.427. The molecule has 1 aromatic rings. The highest BCUT2D eigenvalue weighted by molar-refractivity contribution is 5.88. The van der Waals surface area contributed by atoms with Crippen LogP contribution in [0.5, 0.6) is 0 Å². The van der Waals surface area contributed by atoms with Crippen molar-refractivity contribution >= 4 is 11.9 Å². The molecule has 1 saturated carbocycles. The van der Waals surface area contributed by atoms with Crippen molar-refractivity contribution < 1.29 is 14.7 Å². The van der Waals surface area contributed by atoms with E-state index in [4.69, 9.17) is 5.73 Å². The number of nitrogens with one attached hydrogen (secondary N) is 2. The van der Waals surface area contributed by atoms with Crippen molar-refractivity contribution in [1.82, 2.24) is 10.6 Å². The second-order valence-electron chi connectivity index (χ2n) is 5.13. The van der Waals surface area contributed by atoms with Crippen LogP contribution in [0.2, 0.25) is 0 Å². The number of hydrogen-bond donors (Lipinski definition) is 4. The molecule has 108 valence electrons. The molecule has 0 aliphatic heterocycles. The van der Waals surface area contributed by atoms with Crippen molar-refractivity contribution in [1.29, 1.82) is 0 Å². The molecule has 0 heterocycles. The molecule has 2 rings (SSSR count). The standard InChI is InChI=1S/C14H19N3O3/c15-13(20)16-11(10-5-2-1-3-6-10)12(19)17-14(9-18)7-4-8-14/h1-3,5-6,11,18H,4,7-9H2,(H,17,19)(H3,15,16,20). The van der Waals surface area contributed by atoms with Crippen LogP contribution >= 0.6 is 0 Å². The number of nitrogens with two attached hydrogens (primary N) is 1. The number of aliphatic hydroxyl groups excluding tert-OH is 1. The summed E-state index contributed by atoms with van der Waals surface area (Å²) < 4.78 is 0. The van der Waals surface area contributed by atoms with Crippen molar-refractivity contribution in [2.75, 3.05) is 6.61 Å². The Bertz CT molecular complexity index is 480. The Hall–Kier alpha value is -2.08. The van der Waals surface area contributed by atoms with Gasteiger partial charge in [0.2, 0.25) is 5.91 Å². The van der Waals surface area contributed by atoms with Gasteiger partial charge in [0.15, 0.2) is 0 Å². The molecular weight excluding hydrogens is 258 g/mol. The first-order chi connectivity index (χ1) is 9.56. The van der Waals surface area contributed by atoms with Crippen molar-refractivity contribution in [2.24, 2.45) is 5.73 Å². The fourth-order valence-corrected chi connectivity index (χ4v) is 2.35. The largest absolute Gasteiger partial charge is 0.394 e. The minimum atomic E-state index is -0.849. The monoisotopic (exact) mass is 277 g/mol. The molecule has 1 aliphatic carbocycles. The lowest BCUT2D eigenvalue weighted by Gasteiger charge is -2.41. The van der Waals surface area contributed by atoms with Crippen LogP contribution in [0.25, 0.3) is 0 Å². The molecule has 1 atom stereocenters. The minimum Gasteiger partial charge on any atom is -0.394 e. The number of primary amides is 1. The van der Waals surface area contributed by atoms with E-state index in [1.165, 1.54) is 0 Å². The van der Waals surface area contributed by atoms with Crippen LogP contribution in [-0.2, 0) is 4.79 Å². The quantitative estimate of drug-likeness (QED) is 0.627. The van der Waals surface area contributed by atoms with Crippen LogP contribution < -0.4 is 16.4 Å². The van der Waals surface area contributed by atoms with Gasteiger partial charge >= 0.3 is 6.03 Å². The van der Waals surface area contributed by atoms with E-state index in [2.05, 4.69) is 10.6 Å². The molecule has 3 amide bonds. The second kappa shape index (κ2) is 5.92. The Morgan fingerprint density at radius 2 is 1.95 bits per heavy atom. The van der Waals surface area contributed by atoms with E-state index in [1.54, 1.807) is 24.3 Å². The summed E-state index contributed by atoms with van der Waals surface area (Å²) in [6.45, 7) is -0.100. The van der Waals surface area contributed by atoms with Crippen molar-refractivity contribution in [2.45, 2.75) is 30.8 Å². The zero-order chi connectivity index (χ0) is 14.6. The Morgan fingerprint density at radius 3 is 2.40 bits per heavy atom. The predicted molar refractivity (Wildman–Crippen MR) is 73.7 cm³/mol. The molecule has 0 aromatic heterocycles. The van der Waals surface area contributed by atoms with Gasteiger partial charge in [0.1, 0.15) is 6.04 Å². The molecular formula is C14H19N3O3. The van der Waals surface area contributed by atoms with Crippen LogP contribution in [0.4, 0.5) is 4.79 Å². The molecule has 0 saturated heterocycles. The van der Waals surface area contributed by atoms with Gasteiger partial charge in [-0.25, -0.2) is 4.79 Å². The minimum absolute atomic E-state index is 0.100. The number of carbonyl (C=O) groups is 2. The highest BCUT2D eigenvalue weighted by atomic mass is 16.3. The van der Waals surface area contributed by atoms with Gasteiger partial charge in [-0.05, 0) is 24.8 Å². The number of benzene rings is 1. The van der Waals surface area contributed by atoms with E-state index < -0.39 is 17.6 Å². The van der Waals surface area contributed by atoms with E-state index in [0.717, 1.165) is 19.3 Å². The van der Waals surface area contributed by atoms with Gasteiger partial charge in [-0.3, -0.25) is 4.79 Å². The van der Waals surface area contributed by atoms with E-state index in [-0.39, 0.29) is 12.5 Å². The normalized spacial score (nSPS) is 17.6. The van der Waals surface area contributed by atoms with Crippen LogP contribution in [0.15, 0.2) is 30.3 Å². The van der Waals surface area contributed by atoms with Crippen LogP contribution in [0, 0.1) is 0 Å². The zero-order valence-electron chi connectivity index (χ0n) is 11.1. The molecule has 0 spiro atoms. The van der Waals surface area contributed by atoms with Gasteiger partial charge in [0, 0.05) is 0 Å². The number of hydrogen-bond acceptors (Lipinski definition) is 3. The fraction of sp³-hybridized carbons (Fsp3) is 0.429. The molecule has 6 heteroatoms. The third-order valence-corrected chi connectivity index (χ3v) is 3.68. The molecule has 1 fully saturated rings. The van der Waals surface area contributed by atoms with Crippen molar-refractivity contribution in [3.63, 3.8) is 0 Å². The van der Waals surface area contributed by atoms with E-state index >= 15 is 0 Å². The molecule has 1 unspecified atom stereocenters. The van der Waals surface area contributed by atoms with Gasteiger partial charge < -0.3 is 21.5 Å². The number of urea groups is 1. The molecule has 20 heavy (non-hydrogen) atoms. The van der Waals surface area contributed by atoms with Gasteiger partial charge in [0.25, 0.3) is 0 Å². The Labute approximate surface area is 117 Å². The molecule has 1 aliphatic rings. The molecule has 6 nitrogen and oxygen atoms in total. The van der Waals surface area contributed by atoms with E-state index in [1.807, 2.05) is 6.07 Å². The highest BCUT2D eigenvalue weighted by Crippen LogP contribution is 2.31. The van der Waals surface area contributed by atoms with Gasteiger partial charge in [-0.15, -0.1) is 0 Å². The molecule has 5 N–H and O–H groups in total. The first kappa shape index (κ1) is 14.3. The van der Waals surface area contributed by atoms with Gasteiger partial charge in [0.05, 0.1) is 12.1 Å². The van der Waals surface area contributed by atoms with E-state index in [9.17, 15) is 14.7 Å². The Kier molecular flexibility index (Phi) is 4.24. The summed E-state index contributed by atoms with van der Waals surface area (Å²) in [4.78, 5) is 23.4. The number of carbonyl (C=O) groups excluding carboxylic acids is 2. The summed E-state index contributed by atoms with van der Waals surface area (Å²) >= 11 is 0. The number of aliphatic hydroxyl groups is 1. The summed E-state index contributed by atoms with van der Waals surface area (Å²) in [5, 5.41) is 14.7. The SMILES string of the molecule is NC(=O)NC(C(=O)NC1(CO)CCC1)c1ccccc1. The van der Waals surface area contributed by atoms with Crippen LogP contribution in [0.3, 0.4) is 0 Å². The van der Waals surface area contributed by atoms with Crippen molar-refractivity contribution in [3.8, 4) is 0 Å². The average molecular weight is 277 g/mol. The number of rotatable bonds is 5. The Balaban J connectivity index is 2.14. The maximum Gasteiger partial charge on any atom is 0.313 e. The topological polar surface area (TPSA) is 104 Å². The first-order valence-electron chi connectivity index (χ1n) is 6.60. The Morgan fingerprint density at radius 1 is 1.30 bits per heavy atom. The average Bonchev–Trinajstić information content (AvgIpc) is 2.41.